The minimum atomic E-state index is 0.155. The number of amides is 1. The summed E-state index contributed by atoms with van der Waals surface area (Å²) >= 11 is 4.04. The fourth-order valence-electron chi connectivity index (χ4n) is 1.30. The first-order chi connectivity index (χ1) is 6.17. The van der Waals surface area contributed by atoms with Crippen LogP contribution in [0.5, 0.6) is 0 Å². The van der Waals surface area contributed by atoms with Gasteiger partial charge in [0.1, 0.15) is 0 Å². The molecule has 13 heavy (non-hydrogen) atoms. The standard InChI is InChI=1S/C9H19NO2S/c1-4-10(8(2)7-12-3)9(11)5-6-13/h8,13H,4-7H2,1-3H3. The first-order valence-corrected chi connectivity index (χ1v) is 5.19. The molecule has 0 aromatic rings. The van der Waals surface area contributed by atoms with Crippen LogP contribution in [0.1, 0.15) is 20.3 Å². The number of carbonyl (C=O) groups is 1. The average Bonchev–Trinajstić information content (AvgIpc) is 2.06. The van der Waals surface area contributed by atoms with Crippen molar-refractivity contribution in [1.29, 1.82) is 0 Å². The van der Waals surface area contributed by atoms with Crippen molar-refractivity contribution in [2.75, 3.05) is 26.0 Å². The maximum Gasteiger partial charge on any atom is 0.223 e. The zero-order chi connectivity index (χ0) is 10.3. The quantitative estimate of drug-likeness (QED) is 0.660. The van der Waals surface area contributed by atoms with Crippen molar-refractivity contribution in [1.82, 2.24) is 4.90 Å². The van der Waals surface area contributed by atoms with Gasteiger partial charge in [0.25, 0.3) is 0 Å². The molecule has 0 heterocycles. The topological polar surface area (TPSA) is 29.5 Å². The summed E-state index contributed by atoms with van der Waals surface area (Å²) in [5, 5.41) is 0. The molecular formula is C9H19NO2S. The first kappa shape index (κ1) is 12.8. The number of carbonyl (C=O) groups excluding carboxylic acids is 1. The van der Waals surface area contributed by atoms with Crippen LogP contribution in [-0.4, -0.2) is 42.9 Å². The number of thiol groups is 1. The number of ether oxygens (including phenoxy) is 1. The van der Waals surface area contributed by atoms with Gasteiger partial charge in [0.05, 0.1) is 12.6 Å². The monoisotopic (exact) mass is 205 g/mol. The summed E-state index contributed by atoms with van der Waals surface area (Å²) in [6.07, 6.45) is 0.505. The van der Waals surface area contributed by atoms with Crippen molar-refractivity contribution in [3.63, 3.8) is 0 Å². The van der Waals surface area contributed by atoms with Gasteiger partial charge in [0.2, 0.25) is 5.91 Å². The Bertz CT molecular complexity index is 153. The molecule has 1 unspecified atom stereocenters. The second kappa shape index (κ2) is 7.21. The molecule has 0 bridgehead atoms. The van der Waals surface area contributed by atoms with Gasteiger partial charge >= 0.3 is 0 Å². The van der Waals surface area contributed by atoms with Crippen molar-refractivity contribution >= 4 is 18.5 Å². The van der Waals surface area contributed by atoms with E-state index in [4.69, 9.17) is 4.74 Å². The molecule has 0 radical (unpaired) electrons. The van der Waals surface area contributed by atoms with Gasteiger partial charge in [-0.2, -0.15) is 12.6 Å². The Morgan fingerprint density at radius 3 is 2.62 bits per heavy atom. The van der Waals surface area contributed by atoms with Gasteiger partial charge in [-0.15, -0.1) is 0 Å². The molecule has 1 atom stereocenters. The maximum atomic E-state index is 11.5. The van der Waals surface area contributed by atoms with Crippen LogP contribution in [0.25, 0.3) is 0 Å². The van der Waals surface area contributed by atoms with Crippen LogP contribution < -0.4 is 0 Å². The van der Waals surface area contributed by atoms with Crippen LogP contribution in [-0.2, 0) is 9.53 Å². The summed E-state index contributed by atoms with van der Waals surface area (Å²) in [5.41, 5.74) is 0. The fraction of sp³-hybridized carbons (Fsp3) is 0.889. The van der Waals surface area contributed by atoms with Gasteiger partial charge in [-0.25, -0.2) is 0 Å². The highest BCUT2D eigenvalue weighted by atomic mass is 32.1. The summed E-state index contributed by atoms with van der Waals surface area (Å²) in [4.78, 5) is 13.3. The van der Waals surface area contributed by atoms with Gasteiger partial charge in [-0.1, -0.05) is 0 Å². The van der Waals surface area contributed by atoms with E-state index in [-0.39, 0.29) is 11.9 Å². The average molecular weight is 205 g/mol. The van der Waals surface area contributed by atoms with E-state index in [0.29, 0.717) is 18.8 Å². The van der Waals surface area contributed by atoms with Gasteiger partial charge < -0.3 is 9.64 Å². The molecule has 0 aromatic carbocycles. The number of hydrogen-bond acceptors (Lipinski definition) is 3. The van der Waals surface area contributed by atoms with Crippen LogP contribution in [0.15, 0.2) is 0 Å². The van der Waals surface area contributed by atoms with Crippen molar-refractivity contribution in [2.24, 2.45) is 0 Å². The number of nitrogens with zero attached hydrogens (tertiary/aromatic N) is 1. The molecule has 0 saturated heterocycles. The van der Waals surface area contributed by atoms with Crippen LogP contribution in [0.3, 0.4) is 0 Å². The highest BCUT2D eigenvalue weighted by Gasteiger charge is 2.16. The summed E-state index contributed by atoms with van der Waals surface area (Å²) in [6, 6.07) is 0.155. The molecule has 0 saturated carbocycles. The zero-order valence-corrected chi connectivity index (χ0v) is 9.51. The molecule has 0 aliphatic carbocycles. The lowest BCUT2D eigenvalue weighted by molar-refractivity contribution is -0.133. The Hall–Kier alpha value is -0.220. The van der Waals surface area contributed by atoms with E-state index < -0.39 is 0 Å². The summed E-state index contributed by atoms with van der Waals surface area (Å²) in [6.45, 7) is 5.29. The molecule has 0 spiro atoms. The number of rotatable bonds is 6. The van der Waals surface area contributed by atoms with E-state index in [9.17, 15) is 4.79 Å². The smallest absolute Gasteiger partial charge is 0.223 e. The molecular weight excluding hydrogens is 186 g/mol. The van der Waals surface area contributed by atoms with Gasteiger partial charge in [0, 0.05) is 20.1 Å². The largest absolute Gasteiger partial charge is 0.383 e. The van der Waals surface area contributed by atoms with Crippen LogP contribution >= 0.6 is 12.6 Å². The highest BCUT2D eigenvalue weighted by Crippen LogP contribution is 2.03. The number of methoxy groups -OCH3 is 1. The Morgan fingerprint density at radius 2 is 2.23 bits per heavy atom. The molecule has 0 rings (SSSR count). The summed E-state index contributed by atoms with van der Waals surface area (Å²) in [5.74, 6) is 0.761. The van der Waals surface area contributed by atoms with Crippen LogP contribution in [0.2, 0.25) is 0 Å². The third-order valence-electron chi connectivity index (χ3n) is 1.93. The molecule has 3 nitrogen and oxygen atoms in total. The first-order valence-electron chi connectivity index (χ1n) is 4.56. The second-order valence-electron chi connectivity index (χ2n) is 2.96. The van der Waals surface area contributed by atoms with Crippen molar-refractivity contribution in [3.05, 3.63) is 0 Å². The Balaban J connectivity index is 4.06. The van der Waals surface area contributed by atoms with Crippen LogP contribution in [0, 0.1) is 0 Å². The Labute approximate surface area is 85.8 Å². The molecule has 0 aromatic heterocycles. The normalized spacial score (nSPS) is 12.6. The molecule has 78 valence electrons. The minimum Gasteiger partial charge on any atom is -0.383 e. The molecule has 0 N–H and O–H groups in total. The maximum absolute atomic E-state index is 11.5. The SMILES string of the molecule is CCN(C(=O)CCS)C(C)COC. The van der Waals surface area contributed by atoms with E-state index in [2.05, 4.69) is 12.6 Å². The summed E-state index contributed by atoms with van der Waals surface area (Å²) < 4.78 is 5.00. The lowest BCUT2D eigenvalue weighted by Gasteiger charge is -2.27. The van der Waals surface area contributed by atoms with E-state index in [1.807, 2.05) is 18.7 Å². The number of hydrogen-bond donors (Lipinski definition) is 1. The van der Waals surface area contributed by atoms with Gasteiger partial charge in [-0.05, 0) is 19.6 Å². The minimum absolute atomic E-state index is 0.155. The van der Waals surface area contributed by atoms with Crippen molar-refractivity contribution in [3.8, 4) is 0 Å². The lowest BCUT2D eigenvalue weighted by atomic mass is 10.2. The Kier molecular flexibility index (Phi) is 7.09. The van der Waals surface area contributed by atoms with Crippen molar-refractivity contribution in [2.45, 2.75) is 26.3 Å². The zero-order valence-electron chi connectivity index (χ0n) is 8.62. The van der Waals surface area contributed by atoms with E-state index in [1.165, 1.54) is 0 Å². The molecule has 0 aliphatic rings. The molecule has 0 aliphatic heterocycles. The Morgan fingerprint density at radius 1 is 1.62 bits per heavy atom. The third kappa shape index (κ3) is 4.52. The predicted molar refractivity (Wildman–Crippen MR) is 57.2 cm³/mol. The van der Waals surface area contributed by atoms with E-state index in [1.54, 1.807) is 7.11 Å². The predicted octanol–water partition coefficient (Wildman–Crippen LogP) is 1.19. The molecule has 4 heteroatoms. The van der Waals surface area contributed by atoms with Crippen molar-refractivity contribution < 1.29 is 9.53 Å². The number of likely N-dealkylation sites (N-methyl/N-ethyl adjacent to an activating group) is 1. The summed E-state index contributed by atoms with van der Waals surface area (Å²) in [7, 11) is 1.65. The van der Waals surface area contributed by atoms with E-state index >= 15 is 0 Å². The lowest BCUT2D eigenvalue weighted by Crippen LogP contribution is -2.40. The highest BCUT2D eigenvalue weighted by molar-refractivity contribution is 7.80. The molecule has 1 amide bonds. The molecule has 0 fully saturated rings. The van der Waals surface area contributed by atoms with E-state index in [0.717, 1.165) is 6.54 Å². The van der Waals surface area contributed by atoms with Gasteiger partial charge in [0.15, 0.2) is 0 Å². The van der Waals surface area contributed by atoms with Crippen LogP contribution in [0.4, 0.5) is 0 Å². The van der Waals surface area contributed by atoms with Gasteiger partial charge in [-0.3, -0.25) is 4.79 Å². The second-order valence-corrected chi connectivity index (χ2v) is 3.40. The third-order valence-corrected chi connectivity index (χ3v) is 2.15. The fourth-order valence-corrected chi connectivity index (χ4v) is 1.50.